The number of rotatable bonds is 8. The van der Waals surface area contributed by atoms with Crippen LogP contribution >= 0.6 is 11.8 Å². The van der Waals surface area contributed by atoms with E-state index in [1.54, 1.807) is 18.1 Å². The zero-order valence-electron chi connectivity index (χ0n) is 15.5. The first-order chi connectivity index (χ1) is 13.1. The highest BCUT2D eigenvalue weighted by molar-refractivity contribution is 7.99. The van der Waals surface area contributed by atoms with Crippen LogP contribution in [-0.4, -0.2) is 43.3 Å². The standard InChI is InChI=1S/C18H22N6O2S/c1-13(2)23-12-20-21-18(23)27-11-17(25)19-10-14-8-9-24(22-14)15-4-6-16(26-3)7-5-15/h4-9,12-13H,10-11H2,1-3H3,(H,19,25). The second-order valence-electron chi connectivity index (χ2n) is 6.13. The second-order valence-corrected chi connectivity index (χ2v) is 7.07. The predicted octanol–water partition coefficient (Wildman–Crippen LogP) is 2.46. The third kappa shape index (κ3) is 4.88. The van der Waals surface area contributed by atoms with Crippen molar-refractivity contribution in [1.29, 1.82) is 0 Å². The fourth-order valence-electron chi connectivity index (χ4n) is 2.39. The summed E-state index contributed by atoms with van der Waals surface area (Å²) in [4.78, 5) is 12.1. The lowest BCUT2D eigenvalue weighted by Gasteiger charge is -2.09. The molecule has 0 radical (unpaired) electrons. The van der Waals surface area contributed by atoms with Crippen molar-refractivity contribution in [2.24, 2.45) is 0 Å². The first-order valence-corrected chi connectivity index (χ1v) is 9.53. The van der Waals surface area contributed by atoms with Gasteiger partial charge in [0.1, 0.15) is 12.1 Å². The Kier molecular flexibility index (Phi) is 6.12. The van der Waals surface area contributed by atoms with Crippen molar-refractivity contribution in [3.63, 3.8) is 0 Å². The van der Waals surface area contributed by atoms with Crippen molar-refractivity contribution in [3.8, 4) is 11.4 Å². The summed E-state index contributed by atoms with van der Waals surface area (Å²) in [6.07, 6.45) is 3.54. The molecule has 0 bridgehead atoms. The Morgan fingerprint density at radius 2 is 2.04 bits per heavy atom. The average Bonchev–Trinajstić information content (AvgIpc) is 3.34. The monoisotopic (exact) mass is 386 g/mol. The largest absolute Gasteiger partial charge is 0.497 e. The number of carbonyl (C=O) groups is 1. The molecular weight excluding hydrogens is 364 g/mol. The van der Waals surface area contributed by atoms with Gasteiger partial charge in [0.2, 0.25) is 5.91 Å². The number of nitrogens with zero attached hydrogens (tertiary/aromatic N) is 5. The number of ether oxygens (including phenoxy) is 1. The summed E-state index contributed by atoms with van der Waals surface area (Å²) in [5, 5.41) is 16.0. The average molecular weight is 386 g/mol. The van der Waals surface area contributed by atoms with E-state index >= 15 is 0 Å². The molecular formula is C18H22N6O2S. The van der Waals surface area contributed by atoms with E-state index in [4.69, 9.17) is 4.74 Å². The van der Waals surface area contributed by atoms with Crippen molar-refractivity contribution in [2.45, 2.75) is 31.6 Å². The van der Waals surface area contributed by atoms with Crippen LogP contribution in [0.1, 0.15) is 25.6 Å². The lowest BCUT2D eigenvalue weighted by atomic mass is 10.3. The Balaban J connectivity index is 1.50. The van der Waals surface area contributed by atoms with Gasteiger partial charge in [-0.1, -0.05) is 11.8 Å². The maximum atomic E-state index is 12.1. The Labute approximate surface area is 161 Å². The Morgan fingerprint density at radius 3 is 2.74 bits per heavy atom. The van der Waals surface area contributed by atoms with Crippen LogP contribution in [0, 0.1) is 0 Å². The molecule has 3 aromatic rings. The molecule has 0 aliphatic heterocycles. The van der Waals surface area contributed by atoms with Crippen LogP contribution in [0.25, 0.3) is 5.69 Å². The van der Waals surface area contributed by atoms with Crippen LogP contribution < -0.4 is 10.1 Å². The molecule has 3 rings (SSSR count). The van der Waals surface area contributed by atoms with E-state index in [-0.39, 0.29) is 17.7 Å². The maximum Gasteiger partial charge on any atom is 0.230 e. The fourth-order valence-corrected chi connectivity index (χ4v) is 3.27. The molecule has 0 fully saturated rings. The normalized spacial score (nSPS) is 11.0. The number of thioether (sulfide) groups is 1. The molecule has 1 N–H and O–H groups in total. The van der Waals surface area contributed by atoms with Crippen molar-refractivity contribution < 1.29 is 9.53 Å². The van der Waals surface area contributed by atoms with Gasteiger partial charge in [-0.05, 0) is 44.2 Å². The maximum absolute atomic E-state index is 12.1. The Morgan fingerprint density at radius 1 is 1.26 bits per heavy atom. The first-order valence-electron chi connectivity index (χ1n) is 8.55. The zero-order valence-corrected chi connectivity index (χ0v) is 16.3. The molecule has 8 nitrogen and oxygen atoms in total. The predicted molar refractivity (Wildman–Crippen MR) is 103 cm³/mol. The number of amides is 1. The van der Waals surface area contributed by atoms with Gasteiger partial charge in [0.15, 0.2) is 5.16 Å². The van der Waals surface area contributed by atoms with Crippen LogP contribution in [0.2, 0.25) is 0 Å². The smallest absolute Gasteiger partial charge is 0.230 e. The van der Waals surface area contributed by atoms with Gasteiger partial charge in [-0.25, -0.2) is 4.68 Å². The second kappa shape index (κ2) is 8.72. The molecule has 0 spiro atoms. The highest BCUT2D eigenvalue weighted by atomic mass is 32.2. The lowest BCUT2D eigenvalue weighted by molar-refractivity contribution is -0.118. The van der Waals surface area contributed by atoms with Gasteiger partial charge < -0.3 is 14.6 Å². The Hall–Kier alpha value is -2.81. The molecule has 1 amide bonds. The summed E-state index contributed by atoms with van der Waals surface area (Å²) < 4.78 is 8.86. The van der Waals surface area contributed by atoms with E-state index in [2.05, 4.69) is 20.6 Å². The SMILES string of the molecule is COc1ccc(-n2ccc(CNC(=O)CSc3nncn3C(C)C)n2)cc1. The number of carbonyl (C=O) groups excluding carboxylic acids is 1. The summed E-state index contributed by atoms with van der Waals surface area (Å²) in [5.41, 5.74) is 1.71. The molecule has 142 valence electrons. The molecule has 0 unspecified atom stereocenters. The first kappa shape index (κ1) is 19.0. The highest BCUT2D eigenvalue weighted by Gasteiger charge is 2.11. The topological polar surface area (TPSA) is 86.9 Å². The summed E-state index contributed by atoms with van der Waals surface area (Å²) in [6, 6.07) is 9.75. The Bertz CT molecular complexity index is 887. The van der Waals surface area contributed by atoms with E-state index in [0.29, 0.717) is 6.54 Å². The van der Waals surface area contributed by atoms with E-state index in [1.165, 1.54) is 11.8 Å². The van der Waals surface area contributed by atoms with Gasteiger partial charge in [0, 0.05) is 12.2 Å². The number of methoxy groups -OCH3 is 1. The fraction of sp³-hybridized carbons (Fsp3) is 0.333. The van der Waals surface area contributed by atoms with Crippen LogP contribution in [-0.2, 0) is 11.3 Å². The highest BCUT2D eigenvalue weighted by Crippen LogP contribution is 2.18. The van der Waals surface area contributed by atoms with Crippen LogP contribution in [0.5, 0.6) is 5.75 Å². The minimum atomic E-state index is -0.0719. The molecule has 1 aromatic carbocycles. The summed E-state index contributed by atoms with van der Waals surface area (Å²) in [6.45, 7) is 4.47. The molecule has 0 saturated heterocycles. The van der Waals surface area contributed by atoms with E-state index in [0.717, 1.165) is 22.3 Å². The van der Waals surface area contributed by atoms with Gasteiger partial charge in [-0.15, -0.1) is 10.2 Å². The van der Waals surface area contributed by atoms with Gasteiger partial charge in [0.05, 0.1) is 30.8 Å². The van der Waals surface area contributed by atoms with Crippen molar-refractivity contribution >= 4 is 17.7 Å². The van der Waals surface area contributed by atoms with E-state index in [9.17, 15) is 4.79 Å². The molecule has 0 saturated carbocycles. The third-order valence-corrected chi connectivity index (χ3v) is 4.83. The quantitative estimate of drug-likeness (QED) is 0.599. The van der Waals surface area contributed by atoms with Crippen molar-refractivity contribution in [3.05, 3.63) is 48.5 Å². The van der Waals surface area contributed by atoms with Gasteiger partial charge >= 0.3 is 0 Å². The molecule has 9 heteroatoms. The number of aromatic nitrogens is 5. The van der Waals surface area contributed by atoms with E-state index < -0.39 is 0 Å². The zero-order chi connectivity index (χ0) is 19.2. The molecule has 27 heavy (non-hydrogen) atoms. The van der Waals surface area contributed by atoms with Crippen molar-refractivity contribution in [2.75, 3.05) is 12.9 Å². The van der Waals surface area contributed by atoms with Crippen LogP contribution in [0.3, 0.4) is 0 Å². The minimum Gasteiger partial charge on any atom is -0.497 e. The summed E-state index contributed by atoms with van der Waals surface area (Å²) in [5.74, 6) is 1.01. The summed E-state index contributed by atoms with van der Waals surface area (Å²) in [7, 11) is 1.63. The number of hydrogen-bond donors (Lipinski definition) is 1. The minimum absolute atomic E-state index is 0.0719. The number of benzene rings is 1. The number of hydrogen-bond acceptors (Lipinski definition) is 6. The number of nitrogens with one attached hydrogen (secondary N) is 1. The van der Waals surface area contributed by atoms with Gasteiger partial charge in [0.25, 0.3) is 0 Å². The molecule has 0 aliphatic carbocycles. The molecule has 0 aliphatic rings. The van der Waals surface area contributed by atoms with Gasteiger partial charge in [-0.2, -0.15) is 5.10 Å². The third-order valence-electron chi connectivity index (χ3n) is 3.88. The van der Waals surface area contributed by atoms with E-state index in [1.807, 2.05) is 54.9 Å². The molecule has 2 aromatic heterocycles. The van der Waals surface area contributed by atoms with Crippen LogP contribution in [0.4, 0.5) is 0 Å². The molecule has 2 heterocycles. The lowest BCUT2D eigenvalue weighted by Crippen LogP contribution is -2.25. The van der Waals surface area contributed by atoms with Crippen LogP contribution in [0.15, 0.2) is 48.0 Å². The van der Waals surface area contributed by atoms with Gasteiger partial charge in [-0.3, -0.25) is 4.79 Å². The molecule has 0 atom stereocenters. The van der Waals surface area contributed by atoms with Crippen molar-refractivity contribution in [1.82, 2.24) is 29.9 Å². The summed E-state index contributed by atoms with van der Waals surface area (Å²) >= 11 is 1.37.